The molecule has 0 fully saturated rings. The van der Waals surface area contributed by atoms with Gasteiger partial charge in [-0.2, -0.15) is 0 Å². The molecule has 0 bridgehead atoms. The number of hydrogen-bond acceptors (Lipinski definition) is 0. The van der Waals surface area contributed by atoms with Crippen molar-refractivity contribution in [3.8, 4) is 44.5 Å². The highest BCUT2D eigenvalue weighted by molar-refractivity contribution is 6.21. The first-order chi connectivity index (χ1) is 21.3. The molecule has 0 saturated heterocycles. The zero-order chi connectivity index (χ0) is 28.3. The molecule has 9 rings (SSSR count). The van der Waals surface area contributed by atoms with Crippen LogP contribution in [0.15, 0.2) is 158 Å². The molecule has 0 nitrogen and oxygen atoms in total. The molecule has 1 aliphatic carbocycles. The molecule has 0 aromatic heterocycles. The van der Waals surface area contributed by atoms with Gasteiger partial charge in [-0.1, -0.05) is 152 Å². The Balaban J connectivity index is 1.21. The summed E-state index contributed by atoms with van der Waals surface area (Å²) in [5, 5.41) is 7.72. The lowest BCUT2D eigenvalue weighted by Gasteiger charge is -2.18. The fraction of sp³-hybridized carbons (Fsp3) is 0.0233. The molecular formula is C43H28. The summed E-state index contributed by atoms with van der Waals surface area (Å²) in [5.41, 5.74) is 13.2. The second kappa shape index (κ2) is 9.54. The second-order valence-corrected chi connectivity index (χ2v) is 11.7. The molecule has 8 aromatic carbocycles. The van der Waals surface area contributed by atoms with Gasteiger partial charge in [0.25, 0.3) is 0 Å². The van der Waals surface area contributed by atoms with Gasteiger partial charge < -0.3 is 0 Å². The van der Waals surface area contributed by atoms with E-state index in [0.29, 0.717) is 0 Å². The van der Waals surface area contributed by atoms with Gasteiger partial charge >= 0.3 is 0 Å². The number of rotatable bonds is 3. The molecule has 0 spiro atoms. The molecule has 0 heteroatoms. The Hall–Kier alpha value is -5.46. The summed E-state index contributed by atoms with van der Waals surface area (Å²) >= 11 is 0. The zero-order valence-electron chi connectivity index (χ0n) is 23.7. The van der Waals surface area contributed by atoms with Crippen molar-refractivity contribution in [1.82, 2.24) is 0 Å². The fourth-order valence-corrected chi connectivity index (χ4v) is 7.25. The van der Waals surface area contributed by atoms with Gasteiger partial charge in [-0.25, -0.2) is 0 Å². The quantitative estimate of drug-likeness (QED) is 0.194. The molecule has 0 amide bonds. The lowest BCUT2D eigenvalue weighted by molar-refractivity contribution is 1.26. The van der Waals surface area contributed by atoms with Gasteiger partial charge in [-0.3, -0.25) is 0 Å². The van der Waals surface area contributed by atoms with Crippen molar-refractivity contribution in [2.24, 2.45) is 0 Å². The predicted molar refractivity (Wildman–Crippen MR) is 184 cm³/mol. The van der Waals surface area contributed by atoms with Crippen molar-refractivity contribution < 1.29 is 0 Å². The van der Waals surface area contributed by atoms with Crippen LogP contribution in [0.4, 0.5) is 0 Å². The lowest BCUT2D eigenvalue weighted by atomic mass is 9.85. The highest BCUT2D eigenvalue weighted by Crippen LogP contribution is 2.46. The van der Waals surface area contributed by atoms with Crippen LogP contribution >= 0.6 is 0 Å². The maximum absolute atomic E-state index is 2.43. The van der Waals surface area contributed by atoms with E-state index in [0.717, 1.165) is 6.42 Å². The summed E-state index contributed by atoms with van der Waals surface area (Å²) in [4.78, 5) is 0. The van der Waals surface area contributed by atoms with Gasteiger partial charge in [-0.05, 0) is 100 Å². The van der Waals surface area contributed by atoms with Crippen molar-refractivity contribution in [3.63, 3.8) is 0 Å². The minimum atomic E-state index is 0.997. The molecule has 0 unspecified atom stereocenters. The molecule has 0 atom stereocenters. The Kier molecular flexibility index (Phi) is 5.36. The molecular weight excluding hydrogens is 516 g/mol. The van der Waals surface area contributed by atoms with E-state index >= 15 is 0 Å². The van der Waals surface area contributed by atoms with E-state index in [2.05, 4.69) is 158 Å². The molecule has 0 aliphatic heterocycles. The standard InChI is InChI=1S/C43H28/c1-2-10-31-25-32(22-19-28(31)9-1)29-17-20-30(21-18-29)42-38-13-5-7-15-40(38)43(41-16-8-6-14-39(41)42)34-23-24-37-35(27-34)26-33-11-3-4-12-36(33)37/h1-25,27H,26H2. The third-order valence-corrected chi connectivity index (χ3v) is 9.27. The summed E-state index contributed by atoms with van der Waals surface area (Å²) in [6, 6.07) is 58.2. The Bertz CT molecular complexity index is 2300. The molecule has 1 aliphatic rings. The lowest BCUT2D eigenvalue weighted by Crippen LogP contribution is -1.92. The molecule has 8 aromatic rings. The number of benzene rings is 8. The van der Waals surface area contributed by atoms with Crippen molar-refractivity contribution in [2.45, 2.75) is 6.42 Å². The first-order valence-corrected chi connectivity index (χ1v) is 15.1. The van der Waals surface area contributed by atoms with Gasteiger partial charge in [0.2, 0.25) is 0 Å². The summed E-state index contributed by atoms with van der Waals surface area (Å²) in [6.45, 7) is 0. The summed E-state index contributed by atoms with van der Waals surface area (Å²) < 4.78 is 0. The van der Waals surface area contributed by atoms with E-state index < -0.39 is 0 Å². The van der Waals surface area contributed by atoms with Crippen LogP contribution < -0.4 is 0 Å². The minimum absolute atomic E-state index is 0.997. The Morgan fingerprint density at radius 2 is 0.814 bits per heavy atom. The highest BCUT2D eigenvalue weighted by Gasteiger charge is 2.21. The van der Waals surface area contributed by atoms with E-state index in [1.807, 2.05) is 0 Å². The monoisotopic (exact) mass is 544 g/mol. The Morgan fingerprint density at radius 1 is 0.302 bits per heavy atom. The Labute approximate surface area is 251 Å². The van der Waals surface area contributed by atoms with E-state index in [1.54, 1.807) is 0 Å². The van der Waals surface area contributed by atoms with Crippen LogP contribution in [0.25, 0.3) is 76.8 Å². The molecule has 0 heterocycles. The third-order valence-electron chi connectivity index (χ3n) is 9.27. The van der Waals surface area contributed by atoms with Gasteiger partial charge in [0.15, 0.2) is 0 Å². The largest absolute Gasteiger partial charge is 0.0619 e. The first kappa shape index (κ1) is 24.2. The van der Waals surface area contributed by atoms with Gasteiger partial charge in [-0.15, -0.1) is 0 Å². The number of hydrogen-bond donors (Lipinski definition) is 0. The Morgan fingerprint density at radius 3 is 1.53 bits per heavy atom. The van der Waals surface area contributed by atoms with Crippen molar-refractivity contribution in [3.05, 3.63) is 169 Å². The molecule has 0 N–H and O–H groups in total. The van der Waals surface area contributed by atoms with Crippen LogP contribution in [0.5, 0.6) is 0 Å². The molecule has 43 heavy (non-hydrogen) atoms. The third kappa shape index (κ3) is 3.84. The SMILES string of the molecule is c1ccc2c(c1)Cc1cc(-c3c4ccccc4c(-c4ccc(-c5ccc6ccccc6c5)cc4)c4ccccc34)ccc1-2. The normalized spacial score (nSPS) is 12.1. The average molecular weight is 545 g/mol. The maximum Gasteiger partial charge on any atom is -0.00132 e. The highest BCUT2D eigenvalue weighted by atomic mass is 14.2. The van der Waals surface area contributed by atoms with Gasteiger partial charge in [0.05, 0.1) is 0 Å². The van der Waals surface area contributed by atoms with Crippen LogP contribution in [0, 0.1) is 0 Å². The van der Waals surface area contributed by atoms with Crippen LogP contribution in [-0.4, -0.2) is 0 Å². The fourth-order valence-electron chi connectivity index (χ4n) is 7.25. The molecule has 200 valence electrons. The zero-order valence-corrected chi connectivity index (χ0v) is 23.7. The van der Waals surface area contributed by atoms with E-state index in [4.69, 9.17) is 0 Å². The van der Waals surface area contributed by atoms with Gasteiger partial charge in [0.1, 0.15) is 0 Å². The molecule has 0 saturated carbocycles. The summed E-state index contributed by atoms with van der Waals surface area (Å²) in [7, 11) is 0. The number of fused-ring (bicyclic) bond motifs is 6. The van der Waals surface area contributed by atoms with Gasteiger partial charge in [0, 0.05) is 0 Å². The predicted octanol–water partition coefficient (Wildman–Crippen LogP) is 11.7. The average Bonchev–Trinajstić information content (AvgIpc) is 3.45. The van der Waals surface area contributed by atoms with Crippen LogP contribution in [0.1, 0.15) is 11.1 Å². The minimum Gasteiger partial charge on any atom is -0.0619 e. The topological polar surface area (TPSA) is 0 Å². The first-order valence-electron chi connectivity index (χ1n) is 15.1. The van der Waals surface area contributed by atoms with Crippen molar-refractivity contribution in [2.75, 3.05) is 0 Å². The van der Waals surface area contributed by atoms with Crippen LogP contribution in [0.2, 0.25) is 0 Å². The summed E-state index contributed by atoms with van der Waals surface area (Å²) in [6.07, 6.45) is 0.997. The van der Waals surface area contributed by atoms with Crippen molar-refractivity contribution >= 4 is 32.3 Å². The van der Waals surface area contributed by atoms with Crippen LogP contribution in [-0.2, 0) is 6.42 Å². The second-order valence-electron chi connectivity index (χ2n) is 11.7. The smallest absolute Gasteiger partial charge is 0.00132 e. The van der Waals surface area contributed by atoms with E-state index in [9.17, 15) is 0 Å². The van der Waals surface area contributed by atoms with E-state index in [-0.39, 0.29) is 0 Å². The maximum atomic E-state index is 2.43. The summed E-state index contributed by atoms with van der Waals surface area (Å²) in [5.74, 6) is 0. The van der Waals surface area contributed by atoms with Crippen LogP contribution in [0.3, 0.4) is 0 Å². The molecule has 0 radical (unpaired) electrons. The van der Waals surface area contributed by atoms with Crippen molar-refractivity contribution in [1.29, 1.82) is 0 Å². The van der Waals surface area contributed by atoms with E-state index in [1.165, 1.54) is 88.0 Å².